The van der Waals surface area contributed by atoms with E-state index in [1.807, 2.05) is 0 Å². The van der Waals surface area contributed by atoms with Gasteiger partial charge in [0.1, 0.15) is 0 Å². The first kappa shape index (κ1) is 16.3. The molecule has 0 aliphatic carbocycles. The topological polar surface area (TPSA) is 81.5 Å². The molecule has 0 atom stereocenters. The summed E-state index contributed by atoms with van der Waals surface area (Å²) in [6.45, 7) is 0. The van der Waals surface area contributed by atoms with Gasteiger partial charge in [-0.15, -0.1) is 0 Å². The highest BCUT2D eigenvalue weighted by Gasteiger charge is 2.33. The van der Waals surface area contributed by atoms with E-state index < -0.39 is 5.97 Å². The van der Waals surface area contributed by atoms with E-state index >= 15 is 0 Å². The second kappa shape index (κ2) is 6.51. The molecule has 1 amide bonds. The van der Waals surface area contributed by atoms with Gasteiger partial charge in [-0.3, -0.25) is 15.1 Å². The molecule has 0 aromatic heterocycles. The van der Waals surface area contributed by atoms with E-state index in [-0.39, 0.29) is 16.6 Å². The molecule has 1 heterocycles. The Morgan fingerprint density at radius 2 is 1.75 bits per heavy atom. The van der Waals surface area contributed by atoms with Crippen molar-refractivity contribution in [3.63, 3.8) is 0 Å². The molecule has 0 radical (unpaired) electrons. The lowest BCUT2D eigenvalue weighted by molar-refractivity contribution is -0.113. The highest BCUT2D eigenvalue weighted by molar-refractivity contribution is 8.19. The van der Waals surface area contributed by atoms with Crippen LogP contribution in [0.4, 0.5) is 5.69 Å². The van der Waals surface area contributed by atoms with Crippen LogP contribution in [0.25, 0.3) is 6.08 Å². The van der Waals surface area contributed by atoms with E-state index in [9.17, 15) is 9.59 Å². The van der Waals surface area contributed by atoms with Crippen LogP contribution in [0.2, 0.25) is 5.02 Å². The fraction of sp³-hybridized carbons (Fsp3) is 0. The van der Waals surface area contributed by atoms with Crippen molar-refractivity contribution in [3.05, 3.63) is 69.6 Å². The van der Waals surface area contributed by atoms with Crippen LogP contribution in [0.1, 0.15) is 15.9 Å². The lowest BCUT2D eigenvalue weighted by Crippen LogP contribution is -2.28. The molecule has 1 aliphatic heterocycles. The Balaban J connectivity index is 1.88. The van der Waals surface area contributed by atoms with E-state index in [1.165, 1.54) is 29.2 Å². The molecule has 1 aliphatic rings. The summed E-state index contributed by atoms with van der Waals surface area (Å²) in [6.07, 6.45) is 1.70. The average Bonchev–Trinajstić information content (AvgIpc) is 2.83. The molecule has 2 aromatic carbocycles. The number of nitrogens with one attached hydrogen (secondary N) is 1. The monoisotopic (exact) mass is 358 g/mol. The molecule has 1 fully saturated rings. The maximum Gasteiger partial charge on any atom is 0.335 e. The average molecular weight is 359 g/mol. The highest BCUT2D eigenvalue weighted by atomic mass is 35.5. The first-order valence-corrected chi connectivity index (χ1v) is 8.06. The summed E-state index contributed by atoms with van der Waals surface area (Å²) in [4.78, 5) is 25.1. The Labute approximate surface area is 147 Å². The number of carboxylic acids is 1. The Bertz CT molecular complexity index is 860. The van der Waals surface area contributed by atoms with Crippen molar-refractivity contribution in [3.8, 4) is 0 Å². The van der Waals surface area contributed by atoms with Gasteiger partial charge in [0.15, 0.2) is 5.17 Å². The summed E-state index contributed by atoms with van der Waals surface area (Å²) in [5.74, 6) is -1.36. The SMILES string of the molecule is N=C1S/C(=C\c2ccc(Cl)cc2)C(=O)N1c1ccc(C(=O)O)cc1. The van der Waals surface area contributed by atoms with Gasteiger partial charge >= 0.3 is 5.97 Å². The van der Waals surface area contributed by atoms with Crippen molar-refractivity contribution in [1.82, 2.24) is 0 Å². The predicted molar refractivity (Wildman–Crippen MR) is 95.6 cm³/mol. The number of carbonyl (C=O) groups is 2. The van der Waals surface area contributed by atoms with Crippen LogP contribution < -0.4 is 4.90 Å². The van der Waals surface area contributed by atoms with Crippen molar-refractivity contribution in [1.29, 1.82) is 5.41 Å². The number of anilines is 1. The number of carbonyl (C=O) groups excluding carboxylic acids is 1. The predicted octanol–water partition coefficient (Wildman–Crippen LogP) is 4.09. The molecular weight excluding hydrogens is 348 g/mol. The van der Waals surface area contributed by atoms with Crippen molar-refractivity contribution in [2.45, 2.75) is 0 Å². The zero-order chi connectivity index (χ0) is 17.3. The van der Waals surface area contributed by atoms with Gasteiger partial charge in [-0.2, -0.15) is 0 Å². The van der Waals surface area contributed by atoms with Gasteiger partial charge in [-0.05, 0) is 59.8 Å². The minimum atomic E-state index is -1.04. The number of amides is 1. The van der Waals surface area contributed by atoms with Crippen molar-refractivity contribution in [2.75, 3.05) is 4.90 Å². The Hall–Kier alpha value is -2.57. The van der Waals surface area contributed by atoms with Gasteiger partial charge in [0.2, 0.25) is 0 Å². The molecule has 1 saturated heterocycles. The largest absolute Gasteiger partial charge is 0.478 e. The second-order valence-electron chi connectivity index (χ2n) is 4.96. The first-order chi connectivity index (χ1) is 11.5. The Morgan fingerprint density at radius 1 is 1.12 bits per heavy atom. The third-order valence-electron chi connectivity index (χ3n) is 3.36. The highest BCUT2D eigenvalue weighted by Crippen LogP contribution is 2.35. The standard InChI is InChI=1S/C17H11ClN2O3S/c18-12-5-1-10(2-6-12)9-14-15(21)20(17(19)24-14)13-7-3-11(4-8-13)16(22)23/h1-9,19H,(H,22,23)/b14-9-,19-17?. The molecule has 0 bridgehead atoms. The van der Waals surface area contributed by atoms with E-state index in [1.54, 1.807) is 30.3 Å². The molecular formula is C17H11ClN2O3S. The number of aromatic carboxylic acids is 1. The van der Waals surface area contributed by atoms with Gasteiger partial charge in [0, 0.05) is 5.02 Å². The van der Waals surface area contributed by atoms with Gasteiger partial charge in [-0.1, -0.05) is 23.7 Å². The molecule has 2 aromatic rings. The maximum absolute atomic E-state index is 12.6. The van der Waals surface area contributed by atoms with Gasteiger partial charge < -0.3 is 5.11 Å². The van der Waals surface area contributed by atoms with Crippen LogP contribution in [0.3, 0.4) is 0 Å². The number of hydrogen-bond donors (Lipinski definition) is 2. The molecule has 0 unspecified atom stereocenters. The van der Waals surface area contributed by atoms with Crippen LogP contribution in [-0.2, 0) is 4.79 Å². The second-order valence-corrected chi connectivity index (χ2v) is 6.43. The van der Waals surface area contributed by atoms with Crippen molar-refractivity contribution >= 4 is 52.2 Å². The quantitative estimate of drug-likeness (QED) is 0.809. The maximum atomic E-state index is 12.6. The fourth-order valence-corrected chi connectivity index (χ4v) is 3.17. The summed E-state index contributed by atoms with van der Waals surface area (Å²) < 4.78 is 0. The number of amidine groups is 1. The molecule has 5 nitrogen and oxygen atoms in total. The number of thioether (sulfide) groups is 1. The van der Waals surface area contributed by atoms with E-state index in [0.717, 1.165) is 17.3 Å². The molecule has 7 heteroatoms. The van der Waals surface area contributed by atoms with Crippen molar-refractivity contribution < 1.29 is 14.7 Å². The number of halogens is 1. The number of nitrogens with zero attached hydrogens (tertiary/aromatic N) is 1. The fourth-order valence-electron chi connectivity index (χ4n) is 2.19. The summed E-state index contributed by atoms with van der Waals surface area (Å²) >= 11 is 6.90. The smallest absolute Gasteiger partial charge is 0.335 e. The number of benzene rings is 2. The molecule has 24 heavy (non-hydrogen) atoms. The van der Waals surface area contributed by atoms with Gasteiger partial charge in [0.05, 0.1) is 16.2 Å². The number of hydrogen-bond acceptors (Lipinski definition) is 4. The summed E-state index contributed by atoms with van der Waals surface area (Å²) in [7, 11) is 0. The van der Waals surface area contributed by atoms with Crippen LogP contribution in [0.15, 0.2) is 53.4 Å². The third-order valence-corrected chi connectivity index (χ3v) is 4.50. The van der Waals surface area contributed by atoms with E-state index in [0.29, 0.717) is 15.6 Å². The van der Waals surface area contributed by atoms with E-state index in [4.69, 9.17) is 22.1 Å². The zero-order valence-electron chi connectivity index (χ0n) is 12.2. The summed E-state index contributed by atoms with van der Waals surface area (Å²) in [5.41, 5.74) is 1.40. The first-order valence-electron chi connectivity index (χ1n) is 6.87. The van der Waals surface area contributed by atoms with Crippen LogP contribution in [0.5, 0.6) is 0 Å². The van der Waals surface area contributed by atoms with Crippen LogP contribution in [0, 0.1) is 5.41 Å². The molecule has 2 N–H and O–H groups in total. The summed E-state index contributed by atoms with van der Waals surface area (Å²) in [5, 5.41) is 17.6. The lowest BCUT2D eigenvalue weighted by atomic mass is 10.2. The number of carboxylic acid groups (broad SMARTS) is 1. The molecule has 3 rings (SSSR count). The normalized spacial score (nSPS) is 16.0. The van der Waals surface area contributed by atoms with Crippen LogP contribution in [-0.4, -0.2) is 22.2 Å². The molecule has 0 saturated carbocycles. The third kappa shape index (κ3) is 3.20. The van der Waals surface area contributed by atoms with Gasteiger partial charge in [-0.25, -0.2) is 4.79 Å². The van der Waals surface area contributed by atoms with Crippen LogP contribution >= 0.6 is 23.4 Å². The van der Waals surface area contributed by atoms with E-state index in [2.05, 4.69) is 0 Å². The van der Waals surface area contributed by atoms with Gasteiger partial charge in [0.25, 0.3) is 5.91 Å². The molecule has 120 valence electrons. The minimum absolute atomic E-state index is 0.0725. The Kier molecular flexibility index (Phi) is 4.42. The van der Waals surface area contributed by atoms with Crippen molar-refractivity contribution in [2.24, 2.45) is 0 Å². The number of rotatable bonds is 3. The summed E-state index contributed by atoms with van der Waals surface area (Å²) in [6, 6.07) is 12.9. The molecule has 0 spiro atoms. The Morgan fingerprint density at radius 3 is 2.33 bits per heavy atom. The zero-order valence-corrected chi connectivity index (χ0v) is 13.8. The lowest BCUT2D eigenvalue weighted by Gasteiger charge is -2.14. The minimum Gasteiger partial charge on any atom is -0.478 e.